The van der Waals surface area contributed by atoms with Gasteiger partial charge in [0.05, 0.1) is 66.5 Å². The van der Waals surface area contributed by atoms with Crippen molar-refractivity contribution in [1.29, 1.82) is 0 Å². The van der Waals surface area contributed by atoms with E-state index in [1.807, 2.05) is 0 Å². The molecule has 4 aromatic rings. The third kappa shape index (κ3) is 39.1. The van der Waals surface area contributed by atoms with Gasteiger partial charge in [-0.3, -0.25) is 95.9 Å². The Morgan fingerprint density at radius 3 is 1.29 bits per heavy atom. The third-order valence-electron chi connectivity index (χ3n) is 23.9. The van der Waals surface area contributed by atoms with Crippen molar-refractivity contribution in [2.75, 3.05) is 91.0 Å². The van der Waals surface area contributed by atoms with Crippen LogP contribution in [0.3, 0.4) is 0 Å². The fraction of sp³-hybridized carbons (Fsp3) is 0.543. The Bertz CT molecular complexity index is 5780. The Morgan fingerprint density at radius 1 is 0.411 bits per heavy atom. The first kappa shape index (κ1) is 121. The Kier molecular flexibility index (Phi) is 46.7. The predicted octanol–water partition coefficient (Wildman–Crippen LogP) is -3.76. The summed E-state index contributed by atoms with van der Waals surface area (Å²) in [6, 6.07) is 1.51. The number of carbonyl (C=O) groups is 20. The first-order chi connectivity index (χ1) is 68.5. The molecule has 3 heterocycles. The number of carboxylic acid groups (broad SMARTS) is 4. The fourth-order valence-corrected chi connectivity index (χ4v) is 24.6. The summed E-state index contributed by atoms with van der Waals surface area (Å²) in [5.41, 5.74) is 16.9. The average molecular weight is 2160 g/mol. The van der Waals surface area contributed by atoms with E-state index in [0.717, 1.165) is 50.3 Å². The molecule has 3 aliphatic rings. The van der Waals surface area contributed by atoms with Gasteiger partial charge in [0.25, 0.3) is 0 Å². The number of hydrogen-bond acceptors (Lipinski definition) is 31. The van der Waals surface area contributed by atoms with E-state index >= 15 is 37.2 Å². The number of primary amides is 2. The van der Waals surface area contributed by atoms with Gasteiger partial charge in [-0.25, -0.2) is 25.3 Å². The molecule has 18 atom stereocenters. The maximum absolute atomic E-state index is 15.3. The number of aromatic hydroxyl groups is 1. The van der Waals surface area contributed by atoms with Crippen LogP contribution in [0.5, 0.6) is 5.75 Å². The number of aliphatic carboxylic acids is 4. The lowest BCUT2D eigenvalue weighted by atomic mass is 9.81. The summed E-state index contributed by atoms with van der Waals surface area (Å²) in [7, 11) is -14.1. The summed E-state index contributed by atoms with van der Waals surface area (Å²) in [6.07, 6.45) is -10.8. The lowest BCUT2D eigenvalue weighted by Crippen LogP contribution is -2.61. The highest BCUT2D eigenvalue weighted by Crippen LogP contribution is 2.29. The number of phenols is 1. The molecule has 7 rings (SSSR count). The maximum Gasteiger partial charge on any atom is 0.305 e. The number of benzene rings is 4. The zero-order valence-electron chi connectivity index (χ0n) is 81.1. The lowest BCUT2D eigenvalue weighted by molar-refractivity contribution is -0.142. The monoisotopic (exact) mass is 2160 g/mol. The number of fused-ring (bicyclic) bond motifs is 10. The van der Waals surface area contributed by atoms with Crippen molar-refractivity contribution in [3.63, 3.8) is 0 Å². The molecule has 0 saturated carbocycles. The minimum Gasteiger partial charge on any atom is -0.508 e. The van der Waals surface area contributed by atoms with Crippen molar-refractivity contribution in [2.24, 2.45) is 40.4 Å². The van der Waals surface area contributed by atoms with E-state index in [1.54, 1.807) is 48.5 Å². The lowest BCUT2D eigenvalue weighted by Gasteiger charge is -2.32. The van der Waals surface area contributed by atoms with Crippen LogP contribution in [0.4, 0.5) is 0 Å². The van der Waals surface area contributed by atoms with Crippen LogP contribution in [0.25, 0.3) is 10.8 Å². The van der Waals surface area contributed by atoms with Crippen LogP contribution in [-0.2, 0) is 145 Å². The molecular formula is C92H127N17O31S6. The van der Waals surface area contributed by atoms with Gasteiger partial charge in [-0.2, -0.15) is 48.2 Å². The summed E-state index contributed by atoms with van der Waals surface area (Å²) in [5, 5.41) is 78.3. The van der Waals surface area contributed by atoms with Crippen LogP contribution < -0.4 is 75.7 Å². The van der Waals surface area contributed by atoms with Gasteiger partial charge in [0.2, 0.25) is 107 Å². The van der Waals surface area contributed by atoms with Gasteiger partial charge < -0.3 is 101 Å². The molecule has 0 aromatic heterocycles. The second kappa shape index (κ2) is 56.6. The molecule has 0 radical (unpaired) electrons. The normalized spacial score (nSPS) is 26.9. The number of Topliss-reactive ketones (excluding diaryl/α,β-unsaturated/α-hetero) is 3. The second-order valence-corrected chi connectivity index (χ2v) is 46.3. The Hall–Kier alpha value is -12.3. The number of hydrogen-bond donors (Lipinski definition) is 19. The van der Waals surface area contributed by atoms with E-state index in [0.29, 0.717) is 28.1 Å². The Morgan fingerprint density at radius 2 is 0.815 bits per heavy atom. The van der Waals surface area contributed by atoms with E-state index in [1.165, 1.54) is 76.2 Å². The summed E-state index contributed by atoms with van der Waals surface area (Å²) in [6.45, 7) is 3.91. The van der Waals surface area contributed by atoms with Gasteiger partial charge in [-0.05, 0) is 85.0 Å². The number of nitrogens with two attached hydrogens (primary N) is 3. The van der Waals surface area contributed by atoms with Crippen molar-refractivity contribution in [3.05, 3.63) is 114 Å². The minimum absolute atomic E-state index is 0.183. The molecule has 3 saturated heterocycles. The quantitative estimate of drug-likeness (QED) is 0.0359. The second-order valence-electron chi connectivity index (χ2n) is 36.6. The van der Waals surface area contributed by atoms with Crippen LogP contribution in [0, 0.1) is 23.2 Å². The molecule has 48 nitrogen and oxygen atoms in total. The molecule has 3 unspecified atom stereocenters. The number of sulfonamides is 3. The zero-order chi connectivity index (χ0) is 108. The summed E-state index contributed by atoms with van der Waals surface area (Å²) >= 11 is 2.19. The van der Waals surface area contributed by atoms with Crippen LogP contribution in [0.15, 0.2) is 97.1 Å². The molecule has 13 amide bonds. The molecular weight excluding hydrogens is 2030 g/mol. The van der Waals surface area contributed by atoms with Gasteiger partial charge in [0.1, 0.15) is 65.9 Å². The summed E-state index contributed by atoms with van der Waals surface area (Å²) < 4.78 is 91.8. The van der Waals surface area contributed by atoms with Crippen LogP contribution in [0.1, 0.15) is 122 Å². The topological polar surface area (TPSA) is 765 Å². The van der Waals surface area contributed by atoms with Gasteiger partial charge in [-0.15, -0.1) is 0 Å². The van der Waals surface area contributed by atoms with Crippen molar-refractivity contribution < 1.29 is 147 Å². The molecule has 3 fully saturated rings. The summed E-state index contributed by atoms with van der Waals surface area (Å²) in [5.74, 6) is -36.0. The molecule has 3 aliphatic heterocycles. The van der Waals surface area contributed by atoms with Crippen LogP contribution in [0.2, 0.25) is 0 Å². The molecule has 4 aromatic carbocycles. The third-order valence-corrected chi connectivity index (χ3v) is 33.6. The van der Waals surface area contributed by atoms with Crippen molar-refractivity contribution >= 4 is 194 Å². The van der Waals surface area contributed by atoms with Crippen LogP contribution >= 0.6 is 35.3 Å². The van der Waals surface area contributed by atoms with E-state index in [9.17, 15) is 109 Å². The maximum atomic E-state index is 15.3. The smallest absolute Gasteiger partial charge is 0.305 e. The number of thioether (sulfide) groups is 3. The highest BCUT2D eigenvalue weighted by Gasteiger charge is 2.43. The number of rotatable bonds is 22. The SMILES string of the molecule is C[C@H](N)C(=O)C[C@H]1CSCCS(=O)(=O)N2CCN3CCN(CC2)S(=O)(=O)CCSC[C@H](NC(=O)[C@@H](C)NC(=O)[C@H](Cc2cccc4ccccc24)CC(=O)[C@H](CCC(=O)O)NC(=O)[C@H](CC(N)=O)NC(=O)[C@@H](C)NC1=O)C(=O)N[C@@H](CCC(=O)O)C(=O)N[C@@H](CC(=O)O)C(=O)N[C@@H](Cc1ccccc1)C(=O)N[C@@H](Cc1ccc(O)cc1)C(=O)N[C@@H](CC(=O)O)C(=O)N[C@@H](C(C)(C)C)C(=O)C[C@H](C(N)=O)CSCCS3(=O)=O. The molecule has 4 bridgehead atoms. The fourth-order valence-electron chi connectivity index (χ4n) is 15.7. The highest BCUT2D eigenvalue weighted by atomic mass is 32.2. The van der Waals surface area contributed by atoms with Gasteiger partial charge in [-0.1, -0.05) is 106 Å². The molecule has 0 aliphatic carbocycles. The molecule has 22 N–H and O–H groups in total. The van der Waals surface area contributed by atoms with Crippen molar-refractivity contribution in [3.8, 4) is 5.75 Å². The van der Waals surface area contributed by atoms with Crippen molar-refractivity contribution in [2.45, 2.75) is 198 Å². The molecule has 146 heavy (non-hydrogen) atoms. The number of carbonyl (C=O) groups excluding carboxylic acids is 16. The van der Waals surface area contributed by atoms with E-state index in [2.05, 4.69) is 58.5 Å². The Balaban J connectivity index is 1.40. The van der Waals surface area contributed by atoms with Gasteiger partial charge in [0, 0.05) is 125 Å². The zero-order valence-corrected chi connectivity index (χ0v) is 86.0. The van der Waals surface area contributed by atoms with Gasteiger partial charge >= 0.3 is 23.9 Å². The van der Waals surface area contributed by atoms with Crippen LogP contribution in [-0.4, -0.2) is 345 Å². The summed E-state index contributed by atoms with van der Waals surface area (Å²) in [4.78, 5) is 283. The number of carboxylic acids is 4. The van der Waals surface area contributed by atoms with E-state index in [-0.39, 0.29) is 34.8 Å². The van der Waals surface area contributed by atoms with Gasteiger partial charge in [0.15, 0.2) is 11.6 Å². The first-order valence-electron chi connectivity index (χ1n) is 46.6. The molecule has 802 valence electrons. The van der Waals surface area contributed by atoms with Crippen molar-refractivity contribution in [1.82, 2.24) is 71.4 Å². The first-order valence-corrected chi connectivity index (χ1v) is 54.9. The number of amides is 13. The minimum atomic E-state index is -4.80. The number of nitrogens with zero attached hydrogens (tertiary/aromatic N) is 3. The van der Waals surface area contributed by atoms with E-state index < -0.39 is 400 Å². The van der Waals surface area contributed by atoms with E-state index in [4.69, 9.17) is 17.2 Å². The number of phenolic OH excluding ortho intramolecular Hbond substituents is 1. The predicted molar refractivity (Wildman–Crippen MR) is 534 cm³/mol. The Labute approximate surface area is 855 Å². The largest absolute Gasteiger partial charge is 0.508 e. The number of ketones is 3. The average Bonchev–Trinajstić information content (AvgIpc) is 1.69. The highest BCUT2D eigenvalue weighted by molar-refractivity contribution is 8.01. The molecule has 54 heteroatoms. The standard InChI is InChI=1S/C92H127N17O31S6/c1-51(93)71(111)44-60-49-142-34-37-145(137,138)108-28-27-107-29-31-109(32-30-108)146(139,140)38-35-143-50-70(105-82(125)53(3)96-83(126)58(41-57-17-12-16-56-15-10-11-18-62(56)57)42-72(112)63(23-25-75(115)116)98-88(131)67(45-74(94)114)100-81(124)52(2)97-84(60)127)91(134)99-64(24-26-76(117)118)85(128)103-68(46-77(119)120)89(132)102-65(39-54-13-8-7-9-14-54)86(129)101-66(40-55-19-21-61(110)22-20-55)87(130)104-69(47-78(121)122)90(133)106-79(92(4,5)6)73(113)43-59(80(95)123)48-141-33-36-144(107,135)136/h7-22,51-53,58-60,63-70,79,110H,23-50,93H2,1-6H3,(H2,94,114)(H2,95,123)(H,96,126)(H,97,127)(H,98,131)(H,99,134)(H,100,124)(H,101,129)(H,102,132)(H,103,128)(H,104,130)(H,105,125)(H,106,133)(H,115,116)(H,117,118)(H,119,120)(H,121,122)/t51-,52+,53+,58+,59-,60-,63-,64-,65-,66-,67-,68-,69-,70-,79+/m0/s1. The number of nitrogens with one attached hydrogen (secondary N) is 11. The molecule has 0 spiro atoms.